The maximum Gasteiger partial charge on any atom is 0.243 e. The minimum atomic E-state index is -3.84. The number of hydrogen-bond donors (Lipinski definition) is 1. The number of benzene rings is 1. The van der Waals surface area contributed by atoms with Gasteiger partial charge in [0.25, 0.3) is 0 Å². The lowest BCUT2D eigenvalue weighted by molar-refractivity contribution is 0.0194. The first-order chi connectivity index (χ1) is 11.7. The number of hydrogen-bond acceptors (Lipinski definition) is 5. The molecule has 142 valence electrons. The van der Waals surface area contributed by atoms with E-state index in [1.807, 2.05) is 0 Å². The Bertz CT molecular complexity index is 752. The third kappa shape index (κ3) is 5.49. The molecule has 0 radical (unpaired) electrons. The molecule has 1 aromatic carbocycles. The molecule has 7 nitrogen and oxygen atoms in total. The fraction of sp³-hybridized carbons (Fsp3) is 0.625. The lowest BCUT2D eigenvalue weighted by Crippen LogP contribution is -2.40. The van der Waals surface area contributed by atoms with E-state index in [2.05, 4.69) is 6.92 Å². The summed E-state index contributed by atoms with van der Waals surface area (Å²) >= 11 is 0. The molecule has 0 aromatic heterocycles. The molecule has 1 heterocycles. The summed E-state index contributed by atoms with van der Waals surface area (Å²) in [5, 5.41) is 5.03. The third-order valence-electron chi connectivity index (χ3n) is 4.29. The Hall–Kier alpha value is -1.00. The van der Waals surface area contributed by atoms with Crippen LogP contribution >= 0.6 is 0 Å². The maximum absolute atomic E-state index is 12.7. The van der Waals surface area contributed by atoms with Gasteiger partial charge in [-0.1, -0.05) is 19.8 Å². The zero-order valence-electron chi connectivity index (χ0n) is 14.4. The van der Waals surface area contributed by atoms with Gasteiger partial charge < -0.3 is 4.74 Å². The van der Waals surface area contributed by atoms with Crippen molar-refractivity contribution in [1.29, 1.82) is 0 Å². The van der Waals surface area contributed by atoms with Crippen LogP contribution in [-0.4, -0.2) is 46.9 Å². The molecule has 0 bridgehead atoms. The van der Waals surface area contributed by atoms with Gasteiger partial charge in [0.2, 0.25) is 20.0 Å². The van der Waals surface area contributed by atoms with E-state index in [-0.39, 0.29) is 15.9 Å². The summed E-state index contributed by atoms with van der Waals surface area (Å²) in [6.07, 6.45) is 4.76. The van der Waals surface area contributed by atoms with Crippen LogP contribution in [0.15, 0.2) is 34.1 Å². The molecule has 0 atom stereocenters. The number of sulfonamides is 2. The van der Waals surface area contributed by atoms with Crippen LogP contribution in [0.4, 0.5) is 0 Å². The summed E-state index contributed by atoms with van der Waals surface area (Å²) in [5.74, 6) is 0. The van der Waals surface area contributed by atoms with Crippen LogP contribution in [0.3, 0.4) is 0 Å². The summed E-state index contributed by atoms with van der Waals surface area (Å²) < 4.78 is 55.1. The molecule has 1 aliphatic rings. The number of nitrogens with two attached hydrogens (primary N) is 1. The number of ether oxygens (including phenoxy) is 1. The van der Waals surface area contributed by atoms with Crippen LogP contribution in [0.1, 0.15) is 39.0 Å². The van der Waals surface area contributed by atoms with Gasteiger partial charge in [-0.25, -0.2) is 22.0 Å². The lowest BCUT2D eigenvalue weighted by atomic mass is 10.1. The highest BCUT2D eigenvalue weighted by atomic mass is 32.2. The first-order valence-corrected chi connectivity index (χ1v) is 11.5. The molecule has 0 aliphatic carbocycles. The summed E-state index contributed by atoms with van der Waals surface area (Å²) in [7, 11) is -7.47. The van der Waals surface area contributed by atoms with Crippen molar-refractivity contribution in [3.05, 3.63) is 24.3 Å². The predicted molar refractivity (Wildman–Crippen MR) is 95.1 cm³/mol. The van der Waals surface area contributed by atoms with E-state index < -0.39 is 20.0 Å². The van der Waals surface area contributed by atoms with Crippen LogP contribution in [0.25, 0.3) is 0 Å². The van der Waals surface area contributed by atoms with Crippen molar-refractivity contribution < 1.29 is 21.6 Å². The van der Waals surface area contributed by atoms with E-state index in [0.29, 0.717) is 25.9 Å². The van der Waals surface area contributed by atoms with E-state index in [9.17, 15) is 16.8 Å². The quantitative estimate of drug-likeness (QED) is 0.680. The van der Waals surface area contributed by atoms with E-state index in [0.717, 1.165) is 25.9 Å². The summed E-state index contributed by atoms with van der Waals surface area (Å²) in [5.41, 5.74) is 0. The second kappa shape index (κ2) is 8.59. The van der Waals surface area contributed by atoms with Gasteiger partial charge in [-0.15, -0.1) is 0 Å². The summed E-state index contributed by atoms with van der Waals surface area (Å²) in [4.78, 5) is -0.0344. The van der Waals surface area contributed by atoms with Gasteiger partial charge in [-0.2, -0.15) is 4.31 Å². The van der Waals surface area contributed by atoms with Crippen molar-refractivity contribution in [1.82, 2.24) is 4.31 Å². The van der Waals surface area contributed by atoms with Crippen LogP contribution in [0.2, 0.25) is 0 Å². The highest BCUT2D eigenvalue weighted by Crippen LogP contribution is 2.23. The molecule has 1 aliphatic heterocycles. The predicted octanol–water partition coefficient (Wildman–Crippen LogP) is 1.69. The topological polar surface area (TPSA) is 107 Å². The van der Waals surface area contributed by atoms with E-state index in [1.165, 1.54) is 28.6 Å². The molecule has 0 spiro atoms. The first-order valence-electron chi connectivity index (χ1n) is 8.49. The van der Waals surface area contributed by atoms with Crippen LogP contribution in [-0.2, 0) is 24.8 Å². The van der Waals surface area contributed by atoms with Gasteiger partial charge in [-0.05, 0) is 43.5 Å². The van der Waals surface area contributed by atoms with Gasteiger partial charge in [0.1, 0.15) is 0 Å². The van der Waals surface area contributed by atoms with E-state index in [1.54, 1.807) is 0 Å². The normalized spacial score (nSPS) is 17.7. The van der Waals surface area contributed by atoms with Gasteiger partial charge >= 0.3 is 0 Å². The SMILES string of the molecule is CCCCCOC1CCN(S(=O)(=O)c2ccc(S(N)(=O)=O)cc2)CC1. The van der Waals surface area contributed by atoms with Crippen LogP contribution in [0.5, 0.6) is 0 Å². The molecular weight excluding hydrogens is 364 g/mol. The average Bonchev–Trinajstić information content (AvgIpc) is 2.58. The summed E-state index contributed by atoms with van der Waals surface area (Å²) in [6.45, 7) is 3.66. The number of unbranched alkanes of at least 4 members (excludes halogenated alkanes) is 2. The fourth-order valence-corrected chi connectivity index (χ4v) is 4.78. The minimum Gasteiger partial charge on any atom is -0.378 e. The third-order valence-corrected chi connectivity index (χ3v) is 7.13. The molecule has 9 heteroatoms. The number of nitrogens with zero attached hydrogens (tertiary/aromatic N) is 1. The van der Waals surface area contributed by atoms with Gasteiger partial charge in [0.05, 0.1) is 15.9 Å². The summed E-state index contributed by atoms with van der Waals surface area (Å²) in [6, 6.07) is 4.99. The molecular formula is C16H26N2O5S2. The Morgan fingerprint density at radius 1 is 1.04 bits per heavy atom. The zero-order chi connectivity index (χ0) is 18.5. The maximum atomic E-state index is 12.7. The number of piperidine rings is 1. The van der Waals surface area contributed by atoms with E-state index >= 15 is 0 Å². The standard InChI is InChI=1S/C16H26N2O5S2/c1-2-3-4-13-23-14-9-11-18(12-10-14)25(21,22)16-7-5-15(6-8-16)24(17,19)20/h5-8,14H,2-4,9-13H2,1H3,(H2,17,19,20). The van der Waals surface area contributed by atoms with Crippen molar-refractivity contribution in [3.8, 4) is 0 Å². The van der Waals surface area contributed by atoms with Gasteiger partial charge in [-0.3, -0.25) is 0 Å². The highest BCUT2D eigenvalue weighted by molar-refractivity contribution is 7.89. The van der Waals surface area contributed by atoms with Crippen molar-refractivity contribution in [3.63, 3.8) is 0 Å². The van der Waals surface area contributed by atoms with Crippen molar-refractivity contribution in [2.24, 2.45) is 5.14 Å². The second-order valence-electron chi connectivity index (χ2n) is 6.20. The van der Waals surface area contributed by atoms with Crippen molar-refractivity contribution in [2.45, 2.75) is 54.9 Å². The molecule has 25 heavy (non-hydrogen) atoms. The minimum absolute atomic E-state index is 0.0715. The number of rotatable bonds is 8. The van der Waals surface area contributed by atoms with E-state index in [4.69, 9.17) is 9.88 Å². The molecule has 2 N–H and O–H groups in total. The largest absolute Gasteiger partial charge is 0.378 e. The molecule has 0 amide bonds. The zero-order valence-corrected chi connectivity index (χ0v) is 16.1. The monoisotopic (exact) mass is 390 g/mol. The Balaban J connectivity index is 1.95. The highest BCUT2D eigenvalue weighted by Gasteiger charge is 2.29. The van der Waals surface area contributed by atoms with Crippen molar-refractivity contribution in [2.75, 3.05) is 19.7 Å². The van der Waals surface area contributed by atoms with Crippen LogP contribution in [0, 0.1) is 0 Å². The van der Waals surface area contributed by atoms with Gasteiger partial charge in [0.15, 0.2) is 0 Å². The molecule has 0 saturated carbocycles. The number of primary sulfonamides is 1. The average molecular weight is 391 g/mol. The van der Waals surface area contributed by atoms with Crippen molar-refractivity contribution >= 4 is 20.0 Å². The molecule has 1 fully saturated rings. The second-order valence-corrected chi connectivity index (χ2v) is 9.70. The Morgan fingerprint density at radius 3 is 2.12 bits per heavy atom. The molecule has 2 rings (SSSR count). The molecule has 1 saturated heterocycles. The Labute approximate surface area is 150 Å². The smallest absolute Gasteiger partial charge is 0.243 e. The van der Waals surface area contributed by atoms with Crippen LogP contribution < -0.4 is 5.14 Å². The fourth-order valence-electron chi connectivity index (χ4n) is 2.79. The Kier molecular flexibility index (Phi) is 6.98. The lowest BCUT2D eigenvalue weighted by Gasteiger charge is -2.31. The Morgan fingerprint density at radius 2 is 1.60 bits per heavy atom. The molecule has 1 aromatic rings. The molecule has 0 unspecified atom stereocenters. The first kappa shape index (κ1) is 20.3. The van der Waals surface area contributed by atoms with Gasteiger partial charge in [0, 0.05) is 19.7 Å².